The number of urea groups is 1. The molecule has 0 aromatic heterocycles. The van der Waals surface area contributed by atoms with Crippen LogP contribution in [0.2, 0.25) is 0 Å². The van der Waals surface area contributed by atoms with Crippen molar-refractivity contribution in [2.24, 2.45) is 23.2 Å². The van der Waals surface area contributed by atoms with E-state index in [0.717, 1.165) is 27.1 Å². The largest absolute Gasteiger partial charge is 0.352 e. The van der Waals surface area contributed by atoms with Crippen LogP contribution in [-0.4, -0.2) is 35.3 Å². The SMILES string of the molecule is C[C@H](NC(=O)CN1C(=O)N[C@@](C)(c2ccccc2Br)C1=O)C12CC3CC(CC(C3)C1)C2. The third-order valence-electron chi connectivity index (χ3n) is 8.37. The molecule has 2 atom stereocenters. The predicted octanol–water partition coefficient (Wildman–Crippen LogP) is 3.94. The van der Waals surface area contributed by atoms with Gasteiger partial charge in [-0.15, -0.1) is 0 Å². The summed E-state index contributed by atoms with van der Waals surface area (Å²) < 4.78 is 0.743. The zero-order valence-corrected chi connectivity index (χ0v) is 19.7. The Balaban J connectivity index is 1.27. The normalized spacial score (nSPS) is 37.1. The fourth-order valence-electron chi connectivity index (χ4n) is 7.18. The number of halogens is 1. The van der Waals surface area contributed by atoms with E-state index in [1.807, 2.05) is 18.2 Å². The molecule has 5 aliphatic rings. The summed E-state index contributed by atoms with van der Waals surface area (Å²) >= 11 is 3.47. The molecule has 31 heavy (non-hydrogen) atoms. The second-order valence-electron chi connectivity index (χ2n) is 10.5. The van der Waals surface area contributed by atoms with Gasteiger partial charge >= 0.3 is 6.03 Å². The van der Waals surface area contributed by atoms with Crippen molar-refractivity contribution in [1.82, 2.24) is 15.5 Å². The van der Waals surface area contributed by atoms with Gasteiger partial charge in [0.25, 0.3) is 5.91 Å². The van der Waals surface area contributed by atoms with E-state index in [4.69, 9.17) is 0 Å². The fourth-order valence-corrected chi connectivity index (χ4v) is 7.86. The van der Waals surface area contributed by atoms with Crippen molar-refractivity contribution in [2.75, 3.05) is 6.54 Å². The first-order valence-corrected chi connectivity index (χ1v) is 12.2. The van der Waals surface area contributed by atoms with Crippen molar-refractivity contribution < 1.29 is 14.4 Å². The number of carbonyl (C=O) groups is 3. The molecule has 4 amide bonds. The molecule has 4 saturated carbocycles. The second-order valence-corrected chi connectivity index (χ2v) is 11.3. The average Bonchev–Trinajstić information content (AvgIpc) is 2.91. The fraction of sp³-hybridized carbons (Fsp3) is 0.625. The van der Waals surface area contributed by atoms with Crippen LogP contribution in [0.15, 0.2) is 28.7 Å². The van der Waals surface area contributed by atoms with E-state index in [1.165, 1.54) is 38.5 Å². The Morgan fingerprint density at radius 2 is 1.74 bits per heavy atom. The van der Waals surface area contributed by atoms with E-state index in [1.54, 1.807) is 13.0 Å². The highest BCUT2D eigenvalue weighted by Gasteiger charge is 2.54. The van der Waals surface area contributed by atoms with E-state index < -0.39 is 17.5 Å². The van der Waals surface area contributed by atoms with E-state index in [-0.39, 0.29) is 23.9 Å². The number of amides is 4. The summed E-state index contributed by atoms with van der Waals surface area (Å²) in [6.07, 6.45) is 7.67. The first-order chi connectivity index (χ1) is 14.7. The van der Waals surface area contributed by atoms with Crippen LogP contribution < -0.4 is 10.6 Å². The Morgan fingerprint density at radius 1 is 1.16 bits per heavy atom. The Kier molecular flexibility index (Phi) is 4.96. The molecule has 6 rings (SSSR count). The molecule has 1 aromatic rings. The van der Waals surface area contributed by atoms with Gasteiger partial charge in [0.15, 0.2) is 0 Å². The first kappa shape index (κ1) is 21.0. The zero-order valence-electron chi connectivity index (χ0n) is 18.1. The molecule has 5 fully saturated rings. The van der Waals surface area contributed by atoms with Crippen LogP contribution in [0, 0.1) is 23.2 Å². The molecule has 166 valence electrons. The lowest BCUT2D eigenvalue weighted by Gasteiger charge is -2.59. The minimum atomic E-state index is -1.19. The van der Waals surface area contributed by atoms with Crippen molar-refractivity contribution >= 4 is 33.8 Å². The van der Waals surface area contributed by atoms with Gasteiger partial charge in [0.2, 0.25) is 5.91 Å². The van der Waals surface area contributed by atoms with Crippen LogP contribution in [0.4, 0.5) is 4.79 Å². The number of imide groups is 1. The topological polar surface area (TPSA) is 78.5 Å². The highest BCUT2D eigenvalue weighted by atomic mass is 79.9. The Hall–Kier alpha value is -1.89. The number of nitrogens with zero attached hydrogens (tertiary/aromatic N) is 1. The van der Waals surface area contributed by atoms with Gasteiger partial charge in [-0.1, -0.05) is 34.1 Å². The monoisotopic (exact) mass is 487 g/mol. The molecule has 1 heterocycles. The summed E-state index contributed by atoms with van der Waals surface area (Å²) in [5, 5.41) is 5.94. The third-order valence-corrected chi connectivity index (χ3v) is 9.06. The van der Waals surface area contributed by atoms with Gasteiger partial charge in [-0.2, -0.15) is 0 Å². The highest BCUT2D eigenvalue weighted by Crippen LogP contribution is 2.61. The van der Waals surface area contributed by atoms with Gasteiger partial charge < -0.3 is 10.6 Å². The molecular formula is C24H30BrN3O3. The molecule has 0 radical (unpaired) electrons. The van der Waals surface area contributed by atoms with Crippen LogP contribution in [-0.2, 0) is 15.1 Å². The first-order valence-electron chi connectivity index (χ1n) is 11.4. The number of benzene rings is 1. The number of nitrogens with one attached hydrogen (secondary N) is 2. The van der Waals surface area contributed by atoms with Crippen molar-refractivity contribution in [3.05, 3.63) is 34.3 Å². The maximum absolute atomic E-state index is 13.2. The van der Waals surface area contributed by atoms with Crippen LogP contribution in [0.5, 0.6) is 0 Å². The maximum Gasteiger partial charge on any atom is 0.325 e. The van der Waals surface area contributed by atoms with Crippen LogP contribution >= 0.6 is 15.9 Å². The minimum absolute atomic E-state index is 0.0591. The van der Waals surface area contributed by atoms with Gasteiger partial charge in [-0.3, -0.25) is 14.5 Å². The molecule has 0 spiro atoms. The van der Waals surface area contributed by atoms with E-state index in [2.05, 4.69) is 33.5 Å². The van der Waals surface area contributed by atoms with Gasteiger partial charge in [0, 0.05) is 16.1 Å². The summed E-state index contributed by atoms with van der Waals surface area (Å²) in [5.41, 5.74) is -0.327. The van der Waals surface area contributed by atoms with E-state index in [0.29, 0.717) is 5.56 Å². The lowest BCUT2D eigenvalue weighted by molar-refractivity contribution is -0.136. The van der Waals surface area contributed by atoms with Gasteiger partial charge in [0.05, 0.1) is 0 Å². The third kappa shape index (κ3) is 3.40. The molecule has 2 N–H and O–H groups in total. The second kappa shape index (κ2) is 7.32. The molecule has 0 unspecified atom stereocenters. The van der Waals surface area contributed by atoms with E-state index in [9.17, 15) is 14.4 Å². The molecule has 1 aliphatic heterocycles. The minimum Gasteiger partial charge on any atom is -0.352 e. The molecule has 1 saturated heterocycles. The van der Waals surface area contributed by atoms with E-state index >= 15 is 0 Å². The van der Waals surface area contributed by atoms with Gasteiger partial charge in [-0.05, 0) is 81.6 Å². The molecule has 6 nitrogen and oxygen atoms in total. The molecule has 1 aromatic carbocycles. The number of carbonyl (C=O) groups excluding carboxylic acids is 3. The smallest absolute Gasteiger partial charge is 0.325 e. The molecule has 7 heteroatoms. The van der Waals surface area contributed by atoms with Crippen molar-refractivity contribution in [2.45, 2.75) is 64.0 Å². The zero-order chi connectivity index (χ0) is 22.0. The molecular weight excluding hydrogens is 458 g/mol. The highest BCUT2D eigenvalue weighted by molar-refractivity contribution is 9.10. The number of hydrogen-bond donors (Lipinski definition) is 2. The standard InChI is InChI=1S/C24H30BrN3O3/c1-14(24-10-15-7-16(11-24)9-17(8-15)12-24)26-20(29)13-28-21(30)23(2,27-22(28)31)18-5-3-4-6-19(18)25/h3-6,14-17H,7-13H2,1-2H3,(H,26,29)(H,27,31)/t14-,15?,16?,17?,23-,24?/m0/s1. The van der Waals surface area contributed by atoms with Gasteiger partial charge in [0.1, 0.15) is 12.1 Å². The summed E-state index contributed by atoms with van der Waals surface area (Å²) in [6.45, 7) is 3.55. The van der Waals surface area contributed by atoms with Crippen LogP contribution in [0.3, 0.4) is 0 Å². The van der Waals surface area contributed by atoms with Gasteiger partial charge in [-0.25, -0.2) is 4.79 Å². The number of hydrogen-bond acceptors (Lipinski definition) is 3. The number of rotatable bonds is 5. The Morgan fingerprint density at radius 3 is 2.32 bits per heavy atom. The summed E-state index contributed by atoms with van der Waals surface area (Å²) in [5.74, 6) is 1.76. The Bertz CT molecular complexity index is 912. The average molecular weight is 488 g/mol. The molecule has 4 bridgehead atoms. The quantitative estimate of drug-likeness (QED) is 0.617. The predicted molar refractivity (Wildman–Crippen MR) is 120 cm³/mol. The van der Waals surface area contributed by atoms with Crippen LogP contribution in [0.25, 0.3) is 0 Å². The lowest BCUT2D eigenvalue weighted by atomic mass is 9.48. The lowest BCUT2D eigenvalue weighted by Crippen LogP contribution is -2.57. The summed E-state index contributed by atoms with van der Waals surface area (Å²) in [7, 11) is 0. The maximum atomic E-state index is 13.2. The van der Waals surface area contributed by atoms with Crippen LogP contribution in [0.1, 0.15) is 57.9 Å². The van der Waals surface area contributed by atoms with Crippen molar-refractivity contribution in [1.29, 1.82) is 0 Å². The summed E-state index contributed by atoms with van der Waals surface area (Å²) in [6, 6.07) is 6.86. The molecule has 4 aliphatic carbocycles. The summed E-state index contributed by atoms with van der Waals surface area (Å²) in [4.78, 5) is 39.8. The Labute approximate surface area is 191 Å². The van der Waals surface area contributed by atoms with Crippen molar-refractivity contribution in [3.8, 4) is 0 Å². The van der Waals surface area contributed by atoms with Crippen molar-refractivity contribution in [3.63, 3.8) is 0 Å².